The molecule has 0 fully saturated rings. The van der Waals surface area contributed by atoms with Crippen molar-refractivity contribution in [3.05, 3.63) is 23.3 Å². The van der Waals surface area contributed by atoms with Crippen LogP contribution in [0.1, 0.15) is 40.5 Å². The molecule has 0 aromatic carbocycles. The number of carbonyl (C=O) groups excluding carboxylic acids is 1. The van der Waals surface area contributed by atoms with Gasteiger partial charge in [0.15, 0.2) is 0 Å². The van der Waals surface area contributed by atoms with Gasteiger partial charge >= 0.3 is 11.9 Å². The lowest BCUT2D eigenvalue weighted by atomic mass is 10.1. The maximum atomic E-state index is 11.6. The van der Waals surface area contributed by atoms with Crippen molar-refractivity contribution in [2.45, 2.75) is 52.7 Å². The maximum absolute atomic E-state index is 11.6. The molecule has 0 bridgehead atoms. The van der Waals surface area contributed by atoms with Crippen LogP contribution in [-0.2, 0) is 14.3 Å². The lowest BCUT2D eigenvalue weighted by Crippen LogP contribution is -2.16. The second kappa shape index (κ2) is 8.48. The van der Waals surface area contributed by atoms with E-state index in [4.69, 9.17) is 9.84 Å². The van der Waals surface area contributed by atoms with Crippen LogP contribution >= 0.6 is 0 Å². The van der Waals surface area contributed by atoms with E-state index in [1.807, 2.05) is 6.92 Å². The minimum absolute atomic E-state index is 0.219. The summed E-state index contributed by atoms with van der Waals surface area (Å²) in [4.78, 5) is 22.2. The standard InChI is InChI=1S/C14H22O5/c1-5-12(15)8-10(3)14(18)19-11(4)7-6-9(2)13(16)17/h6,8,11-12,15H,5,7H2,1-4H3,(H,16,17). The second-order valence-electron chi connectivity index (χ2n) is 4.47. The Morgan fingerprint density at radius 2 is 1.84 bits per heavy atom. The molecule has 2 unspecified atom stereocenters. The van der Waals surface area contributed by atoms with Crippen LogP contribution in [0.3, 0.4) is 0 Å². The summed E-state index contributed by atoms with van der Waals surface area (Å²) in [6.07, 6.45) is 2.77. The van der Waals surface area contributed by atoms with Gasteiger partial charge in [0.05, 0.1) is 6.10 Å². The molecule has 0 saturated carbocycles. The van der Waals surface area contributed by atoms with Crippen molar-refractivity contribution < 1.29 is 24.5 Å². The summed E-state index contributed by atoms with van der Waals surface area (Å²) in [5.74, 6) is -1.48. The number of carboxylic acids is 1. The molecule has 0 spiro atoms. The maximum Gasteiger partial charge on any atom is 0.333 e. The van der Waals surface area contributed by atoms with Crippen LogP contribution in [0, 0.1) is 0 Å². The number of esters is 1. The second-order valence-corrected chi connectivity index (χ2v) is 4.47. The van der Waals surface area contributed by atoms with E-state index < -0.39 is 24.1 Å². The van der Waals surface area contributed by atoms with Crippen molar-refractivity contribution in [2.75, 3.05) is 0 Å². The van der Waals surface area contributed by atoms with Gasteiger partial charge in [0.25, 0.3) is 0 Å². The summed E-state index contributed by atoms with van der Waals surface area (Å²) in [5, 5.41) is 18.1. The first-order valence-corrected chi connectivity index (χ1v) is 6.25. The van der Waals surface area contributed by atoms with Crippen LogP contribution in [0.2, 0.25) is 0 Å². The molecule has 19 heavy (non-hydrogen) atoms. The largest absolute Gasteiger partial charge is 0.478 e. The summed E-state index contributed by atoms with van der Waals surface area (Å²) >= 11 is 0. The third-order valence-electron chi connectivity index (χ3n) is 2.58. The summed E-state index contributed by atoms with van der Waals surface area (Å²) in [7, 11) is 0. The number of carboxylic acid groups (broad SMARTS) is 1. The van der Waals surface area contributed by atoms with Crippen molar-refractivity contribution in [1.82, 2.24) is 0 Å². The van der Waals surface area contributed by atoms with Gasteiger partial charge in [-0.15, -0.1) is 0 Å². The highest BCUT2D eigenvalue weighted by Gasteiger charge is 2.12. The number of hydrogen-bond acceptors (Lipinski definition) is 4. The van der Waals surface area contributed by atoms with Crippen molar-refractivity contribution >= 4 is 11.9 Å². The van der Waals surface area contributed by atoms with Gasteiger partial charge in [0, 0.05) is 17.6 Å². The van der Waals surface area contributed by atoms with Gasteiger partial charge in [0.1, 0.15) is 6.10 Å². The smallest absolute Gasteiger partial charge is 0.333 e. The number of ether oxygens (including phenoxy) is 1. The summed E-state index contributed by atoms with van der Waals surface area (Å²) in [6.45, 7) is 6.56. The van der Waals surface area contributed by atoms with E-state index in [0.717, 1.165) is 0 Å². The van der Waals surface area contributed by atoms with Crippen LogP contribution in [0.15, 0.2) is 23.3 Å². The fraction of sp³-hybridized carbons (Fsp3) is 0.571. The van der Waals surface area contributed by atoms with E-state index in [9.17, 15) is 14.7 Å². The average molecular weight is 270 g/mol. The molecule has 0 aliphatic heterocycles. The molecule has 0 saturated heterocycles. The number of hydrogen-bond donors (Lipinski definition) is 2. The number of aliphatic hydroxyl groups is 1. The van der Waals surface area contributed by atoms with E-state index in [0.29, 0.717) is 18.4 Å². The Hall–Kier alpha value is -1.62. The van der Waals surface area contributed by atoms with Crippen LogP contribution in [0.4, 0.5) is 0 Å². The quantitative estimate of drug-likeness (QED) is 0.546. The molecule has 0 aliphatic carbocycles. The molecule has 0 heterocycles. The lowest BCUT2D eigenvalue weighted by Gasteiger charge is -2.12. The Labute approximate surface area is 113 Å². The third-order valence-corrected chi connectivity index (χ3v) is 2.58. The molecule has 5 nitrogen and oxygen atoms in total. The molecule has 0 aliphatic rings. The van der Waals surface area contributed by atoms with Gasteiger partial charge in [0.2, 0.25) is 0 Å². The van der Waals surface area contributed by atoms with E-state index in [1.54, 1.807) is 13.8 Å². The van der Waals surface area contributed by atoms with E-state index in [1.165, 1.54) is 19.1 Å². The molecule has 2 atom stereocenters. The van der Waals surface area contributed by atoms with E-state index >= 15 is 0 Å². The normalized spacial score (nSPS) is 15.8. The monoisotopic (exact) mass is 270 g/mol. The van der Waals surface area contributed by atoms with Gasteiger partial charge in [-0.3, -0.25) is 0 Å². The van der Waals surface area contributed by atoms with Gasteiger partial charge in [-0.05, 0) is 33.3 Å². The minimum atomic E-state index is -0.985. The molecular formula is C14H22O5. The molecule has 0 aromatic rings. The number of aliphatic carboxylic acids is 1. The number of carbonyl (C=O) groups is 2. The molecule has 0 aromatic heterocycles. The van der Waals surface area contributed by atoms with Crippen molar-refractivity contribution in [3.8, 4) is 0 Å². The number of rotatable bonds is 7. The Morgan fingerprint density at radius 3 is 2.32 bits per heavy atom. The number of aliphatic hydroxyl groups excluding tert-OH is 1. The zero-order valence-corrected chi connectivity index (χ0v) is 11.8. The first kappa shape index (κ1) is 17.4. The third kappa shape index (κ3) is 7.41. The first-order valence-electron chi connectivity index (χ1n) is 6.25. The summed E-state index contributed by atoms with van der Waals surface area (Å²) in [5.41, 5.74) is 0.566. The Bertz CT molecular complexity index is 381. The Balaban J connectivity index is 4.38. The van der Waals surface area contributed by atoms with E-state index in [-0.39, 0.29) is 5.57 Å². The van der Waals surface area contributed by atoms with Crippen molar-refractivity contribution in [1.29, 1.82) is 0 Å². The van der Waals surface area contributed by atoms with Crippen molar-refractivity contribution in [3.63, 3.8) is 0 Å². The van der Waals surface area contributed by atoms with Crippen LogP contribution in [0.5, 0.6) is 0 Å². The van der Waals surface area contributed by atoms with Gasteiger partial charge < -0.3 is 14.9 Å². The van der Waals surface area contributed by atoms with Gasteiger partial charge in [-0.1, -0.05) is 13.0 Å². The molecule has 0 amide bonds. The molecule has 2 N–H and O–H groups in total. The van der Waals surface area contributed by atoms with Crippen molar-refractivity contribution in [2.24, 2.45) is 0 Å². The lowest BCUT2D eigenvalue weighted by molar-refractivity contribution is -0.143. The zero-order chi connectivity index (χ0) is 15.0. The van der Waals surface area contributed by atoms with Gasteiger partial charge in [-0.2, -0.15) is 0 Å². The Kier molecular flexibility index (Phi) is 7.75. The fourth-order valence-electron chi connectivity index (χ4n) is 1.23. The molecule has 5 heteroatoms. The molecular weight excluding hydrogens is 248 g/mol. The van der Waals surface area contributed by atoms with Crippen LogP contribution in [-0.4, -0.2) is 34.4 Å². The highest BCUT2D eigenvalue weighted by Crippen LogP contribution is 2.08. The summed E-state index contributed by atoms with van der Waals surface area (Å²) in [6, 6.07) is 0. The average Bonchev–Trinajstić information content (AvgIpc) is 2.35. The first-order chi connectivity index (χ1) is 8.77. The zero-order valence-electron chi connectivity index (χ0n) is 11.8. The SMILES string of the molecule is CCC(O)C=C(C)C(=O)OC(C)CC=C(C)C(=O)O. The molecule has 108 valence electrons. The minimum Gasteiger partial charge on any atom is -0.478 e. The highest BCUT2D eigenvalue weighted by molar-refractivity contribution is 5.88. The van der Waals surface area contributed by atoms with Gasteiger partial charge in [-0.25, -0.2) is 9.59 Å². The topological polar surface area (TPSA) is 83.8 Å². The van der Waals surface area contributed by atoms with Crippen LogP contribution in [0.25, 0.3) is 0 Å². The predicted octanol–water partition coefficient (Wildman–Crippen LogP) is 2.06. The fourth-order valence-corrected chi connectivity index (χ4v) is 1.23. The predicted molar refractivity (Wildman–Crippen MR) is 71.6 cm³/mol. The van der Waals surface area contributed by atoms with Crippen LogP contribution < -0.4 is 0 Å². The summed E-state index contributed by atoms with van der Waals surface area (Å²) < 4.78 is 5.13. The molecule has 0 radical (unpaired) electrons. The molecule has 0 rings (SSSR count). The highest BCUT2D eigenvalue weighted by atomic mass is 16.5. The Morgan fingerprint density at radius 1 is 1.26 bits per heavy atom. The van der Waals surface area contributed by atoms with E-state index in [2.05, 4.69) is 0 Å².